The Morgan fingerprint density at radius 2 is 2.15 bits per heavy atom. The first-order valence-electron chi connectivity index (χ1n) is 6.87. The van der Waals surface area contributed by atoms with E-state index in [-0.39, 0.29) is 0 Å². The second-order valence-electron chi connectivity index (χ2n) is 4.97. The molecule has 2 rings (SSSR count). The zero-order chi connectivity index (χ0) is 14.5. The third-order valence-electron chi connectivity index (χ3n) is 3.38. The van der Waals surface area contributed by atoms with Crippen LogP contribution in [-0.4, -0.2) is 13.6 Å². The fourth-order valence-corrected chi connectivity index (χ4v) is 3.38. The molecule has 1 aromatic carbocycles. The number of hydrogen-bond acceptors (Lipinski definition) is 3. The third-order valence-corrected chi connectivity index (χ3v) is 4.61. The number of anilines is 1. The predicted molar refractivity (Wildman–Crippen MR) is 92.7 cm³/mol. The number of rotatable bonds is 6. The second-order valence-corrected chi connectivity index (χ2v) is 6.67. The van der Waals surface area contributed by atoms with Gasteiger partial charge in [-0.05, 0) is 53.6 Å². The van der Waals surface area contributed by atoms with Crippen LogP contribution in [0.4, 0.5) is 5.69 Å². The normalized spacial score (nSPS) is 12.4. The van der Waals surface area contributed by atoms with E-state index in [1.165, 1.54) is 16.8 Å². The lowest BCUT2D eigenvalue weighted by molar-refractivity contribution is 0.596. The van der Waals surface area contributed by atoms with Crippen molar-refractivity contribution in [1.29, 1.82) is 0 Å². The summed E-state index contributed by atoms with van der Waals surface area (Å²) in [5, 5.41) is 7.84. The molecule has 0 aliphatic carbocycles. The summed E-state index contributed by atoms with van der Waals surface area (Å²) in [6, 6.07) is 9.07. The predicted octanol–water partition coefficient (Wildman–Crippen LogP) is 4.82. The van der Waals surface area contributed by atoms with Crippen LogP contribution in [0.15, 0.2) is 39.5 Å². The SMILES string of the molecule is CCNC(C)c1ccc(Br)cc1N(C)Cc1ccsc1. The van der Waals surface area contributed by atoms with Crippen LogP contribution in [0, 0.1) is 0 Å². The number of halogens is 1. The molecule has 0 radical (unpaired) electrons. The molecule has 0 saturated carbocycles. The molecule has 2 nitrogen and oxygen atoms in total. The Balaban J connectivity index is 2.26. The summed E-state index contributed by atoms with van der Waals surface area (Å²) >= 11 is 5.34. The van der Waals surface area contributed by atoms with Crippen LogP contribution in [0.1, 0.15) is 31.0 Å². The van der Waals surface area contributed by atoms with E-state index in [0.717, 1.165) is 17.6 Å². The van der Waals surface area contributed by atoms with Gasteiger partial charge in [-0.25, -0.2) is 0 Å². The Hall–Kier alpha value is -0.840. The van der Waals surface area contributed by atoms with Crippen molar-refractivity contribution in [3.8, 4) is 0 Å². The van der Waals surface area contributed by atoms with Gasteiger partial charge in [-0.1, -0.05) is 28.9 Å². The van der Waals surface area contributed by atoms with E-state index >= 15 is 0 Å². The molecule has 0 saturated heterocycles. The summed E-state index contributed by atoms with van der Waals surface area (Å²) in [6.07, 6.45) is 0. The Labute approximate surface area is 133 Å². The van der Waals surface area contributed by atoms with Crippen LogP contribution >= 0.6 is 27.3 Å². The van der Waals surface area contributed by atoms with Gasteiger partial charge >= 0.3 is 0 Å². The minimum atomic E-state index is 0.355. The quantitative estimate of drug-likeness (QED) is 0.801. The summed E-state index contributed by atoms with van der Waals surface area (Å²) in [7, 11) is 2.15. The first kappa shape index (κ1) is 15.5. The molecule has 4 heteroatoms. The van der Waals surface area contributed by atoms with Gasteiger partial charge in [0.15, 0.2) is 0 Å². The number of nitrogens with zero attached hydrogens (tertiary/aromatic N) is 1. The largest absolute Gasteiger partial charge is 0.370 e. The number of hydrogen-bond donors (Lipinski definition) is 1. The minimum absolute atomic E-state index is 0.355. The van der Waals surface area contributed by atoms with Crippen molar-refractivity contribution in [2.75, 3.05) is 18.5 Å². The highest BCUT2D eigenvalue weighted by atomic mass is 79.9. The summed E-state index contributed by atoms with van der Waals surface area (Å²) in [4.78, 5) is 2.32. The van der Waals surface area contributed by atoms with Crippen molar-refractivity contribution >= 4 is 33.0 Å². The molecule has 0 aliphatic rings. The van der Waals surface area contributed by atoms with E-state index < -0.39 is 0 Å². The van der Waals surface area contributed by atoms with Crippen LogP contribution in [-0.2, 0) is 6.54 Å². The maximum atomic E-state index is 3.59. The average molecular weight is 353 g/mol. The van der Waals surface area contributed by atoms with Gasteiger partial charge in [0.1, 0.15) is 0 Å². The lowest BCUT2D eigenvalue weighted by Crippen LogP contribution is -2.23. The zero-order valence-corrected chi connectivity index (χ0v) is 14.6. The maximum Gasteiger partial charge on any atom is 0.0434 e. The topological polar surface area (TPSA) is 15.3 Å². The van der Waals surface area contributed by atoms with E-state index in [4.69, 9.17) is 0 Å². The fraction of sp³-hybridized carbons (Fsp3) is 0.375. The first-order chi connectivity index (χ1) is 9.61. The van der Waals surface area contributed by atoms with Gasteiger partial charge in [0.25, 0.3) is 0 Å². The highest BCUT2D eigenvalue weighted by Crippen LogP contribution is 2.30. The minimum Gasteiger partial charge on any atom is -0.370 e. The molecule has 0 spiro atoms. The lowest BCUT2D eigenvalue weighted by Gasteiger charge is -2.25. The van der Waals surface area contributed by atoms with Crippen molar-refractivity contribution in [1.82, 2.24) is 5.32 Å². The van der Waals surface area contributed by atoms with E-state index in [1.54, 1.807) is 11.3 Å². The summed E-state index contributed by atoms with van der Waals surface area (Å²) in [6.45, 7) is 6.27. The highest BCUT2D eigenvalue weighted by Gasteiger charge is 2.13. The fourth-order valence-electron chi connectivity index (χ4n) is 2.37. The Morgan fingerprint density at radius 1 is 1.35 bits per heavy atom. The van der Waals surface area contributed by atoms with Crippen molar-refractivity contribution in [2.24, 2.45) is 0 Å². The van der Waals surface area contributed by atoms with E-state index in [2.05, 4.69) is 82.1 Å². The van der Waals surface area contributed by atoms with Crippen LogP contribution in [0.3, 0.4) is 0 Å². The second kappa shape index (κ2) is 7.25. The highest BCUT2D eigenvalue weighted by molar-refractivity contribution is 9.10. The van der Waals surface area contributed by atoms with Gasteiger partial charge in [0, 0.05) is 29.8 Å². The molecule has 0 bridgehead atoms. The summed E-state index contributed by atoms with van der Waals surface area (Å²) < 4.78 is 1.12. The van der Waals surface area contributed by atoms with Gasteiger partial charge < -0.3 is 10.2 Å². The maximum absolute atomic E-state index is 3.59. The standard InChI is InChI=1S/C16H21BrN2S/c1-4-18-12(2)15-6-5-14(17)9-16(15)19(3)10-13-7-8-20-11-13/h5-9,11-12,18H,4,10H2,1-3H3. The van der Waals surface area contributed by atoms with E-state index in [1.807, 2.05) is 0 Å². The van der Waals surface area contributed by atoms with Gasteiger partial charge in [0.2, 0.25) is 0 Å². The van der Waals surface area contributed by atoms with Gasteiger partial charge in [-0.2, -0.15) is 11.3 Å². The first-order valence-corrected chi connectivity index (χ1v) is 8.60. The van der Waals surface area contributed by atoms with Crippen LogP contribution in [0.5, 0.6) is 0 Å². The molecule has 1 atom stereocenters. The summed E-state index contributed by atoms with van der Waals surface area (Å²) in [5.41, 5.74) is 3.98. The lowest BCUT2D eigenvalue weighted by atomic mass is 10.0. The van der Waals surface area contributed by atoms with Crippen LogP contribution < -0.4 is 10.2 Å². The van der Waals surface area contributed by atoms with Gasteiger partial charge in [-0.3, -0.25) is 0 Å². The van der Waals surface area contributed by atoms with Crippen LogP contribution in [0.2, 0.25) is 0 Å². The molecule has 1 aromatic heterocycles. The summed E-state index contributed by atoms with van der Waals surface area (Å²) in [5.74, 6) is 0. The number of benzene rings is 1. The smallest absolute Gasteiger partial charge is 0.0434 e. The van der Waals surface area contributed by atoms with E-state index in [0.29, 0.717) is 6.04 Å². The Morgan fingerprint density at radius 3 is 2.80 bits per heavy atom. The molecule has 1 heterocycles. The molecule has 0 aliphatic heterocycles. The molecule has 2 aromatic rings. The third kappa shape index (κ3) is 3.84. The molecule has 1 unspecified atom stereocenters. The molecule has 20 heavy (non-hydrogen) atoms. The van der Waals surface area contributed by atoms with E-state index in [9.17, 15) is 0 Å². The van der Waals surface area contributed by atoms with Gasteiger partial charge in [0.05, 0.1) is 0 Å². The van der Waals surface area contributed by atoms with Gasteiger partial charge in [-0.15, -0.1) is 0 Å². The molecule has 108 valence electrons. The Bertz CT molecular complexity index is 539. The number of nitrogens with one attached hydrogen (secondary N) is 1. The van der Waals surface area contributed by atoms with Crippen molar-refractivity contribution in [3.05, 3.63) is 50.6 Å². The van der Waals surface area contributed by atoms with Crippen molar-refractivity contribution < 1.29 is 0 Å². The monoisotopic (exact) mass is 352 g/mol. The van der Waals surface area contributed by atoms with Crippen molar-refractivity contribution in [2.45, 2.75) is 26.4 Å². The molecular weight excluding hydrogens is 332 g/mol. The van der Waals surface area contributed by atoms with Crippen LogP contribution in [0.25, 0.3) is 0 Å². The van der Waals surface area contributed by atoms with Crippen molar-refractivity contribution in [3.63, 3.8) is 0 Å². The molecule has 1 N–H and O–H groups in total. The number of thiophene rings is 1. The molecular formula is C16H21BrN2S. The molecule has 0 fully saturated rings. The Kier molecular flexibility index (Phi) is 5.64. The zero-order valence-electron chi connectivity index (χ0n) is 12.2. The average Bonchev–Trinajstić information content (AvgIpc) is 2.91. The molecule has 0 amide bonds.